The third-order valence-electron chi connectivity index (χ3n) is 2.21. The van der Waals surface area contributed by atoms with Crippen LogP contribution in [0.25, 0.3) is 10.9 Å². The van der Waals surface area contributed by atoms with Crippen molar-refractivity contribution in [3.8, 4) is 0 Å². The van der Waals surface area contributed by atoms with Gasteiger partial charge < -0.3 is 0 Å². The molecule has 6 heteroatoms. The van der Waals surface area contributed by atoms with Gasteiger partial charge in [-0.3, -0.25) is 14.5 Å². The first-order chi connectivity index (χ1) is 6.86. The van der Waals surface area contributed by atoms with Crippen LogP contribution in [0.3, 0.4) is 0 Å². The first kappa shape index (κ1) is 9.79. The number of carbonyl (C=O) groups excluding carboxylic acids is 1. The molecule has 1 amide bonds. The number of rotatable bonds is 0. The summed E-state index contributed by atoms with van der Waals surface area (Å²) in [5.74, 6) is -0.244. The Kier molecular flexibility index (Phi) is 2.24. The van der Waals surface area contributed by atoms with Crippen LogP contribution in [0.1, 0.15) is 10.5 Å². The van der Waals surface area contributed by atoms with Gasteiger partial charge in [-0.15, -0.1) is 12.4 Å². The van der Waals surface area contributed by atoms with E-state index in [1.165, 1.54) is 0 Å². The topological polar surface area (TPSA) is 60.1 Å². The smallest absolute Gasteiger partial charge is 0.265 e. The molecule has 0 saturated heterocycles. The minimum Gasteiger partial charge on any atom is -0.265 e. The molecule has 0 unspecified atom stereocenters. The fraction of sp³-hybridized carbons (Fsp3) is 0.111. The lowest BCUT2D eigenvalue weighted by Gasteiger charge is -2.04. The summed E-state index contributed by atoms with van der Waals surface area (Å²) in [5, 5.41) is 5.04. The van der Waals surface area contributed by atoms with Crippen molar-refractivity contribution in [2.24, 2.45) is 4.99 Å². The van der Waals surface area contributed by atoms with Crippen molar-refractivity contribution in [1.82, 2.24) is 14.8 Å². The van der Waals surface area contributed by atoms with Gasteiger partial charge in [-0.25, -0.2) is 4.99 Å². The molecule has 2 aromatic rings. The van der Waals surface area contributed by atoms with Crippen molar-refractivity contribution in [1.29, 1.82) is 0 Å². The number of hydrogen-bond acceptors (Lipinski definition) is 3. The third-order valence-corrected chi connectivity index (χ3v) is 2.21. The standard InChI is InChI=1S/C9H6N4O.ClH/c14-9-8-6-5-10-2-1-7(6)12-13(8)4-3-11-9;/h1-3,5H,4H2;1H. The lowest BCUT2D eigenvalue weighted by atomic mass is 10.2. The molecule has 0 aromatic carbocycles. The Labute approximate surface area is 91.2 Å². The highest BCUT2D eigenvalue weighted by molar-refractivity contribution is 6.08. The minimum atomic E-state index is -0.244. The van der Waals surface area contributed by atoms with Gasteiger partial charge in [0.15, 0.2) is 0 Å². The van der Waals surface area contributed by atoms with E-state index in [0.717, 1.165) is 10.9 Å². The summed E-state index contributed by atoms with van der Waals surface area (Å²) >= 11 is 0. The third kappa shape index (κ3) is 1.32. The number of pyridine rings is 1. The van der Waals surface area contributed by atoms with Crippen LogP contribution in [0.5, 0.6) is 0 Å². The van der Waals surface area contributed by atoms with Crippen LogP contribution in [0.15, 0.2) is 23.5 Å². The number of carbonyl (C=O) groups is 1. The Bertz CT molecular complexity index is 560. The van der Waals surface area contributed by atoms with Crippen molar-refractivity contribution in [3.05, 3.63) is 24.2 Å². The highest BCUT2D eigenvalue weighted by Crippen LogP contribution is 2.19. The van der Waals surface area contributed by atoms with E-state index in [1.54, 1.807) is 29.4 Å². The maximum atomic E-state index is 11.5. The van der Waals surface area contributed by atoms with E-state index in [4.69, 9.17) is 0 Å². The second-order valence-electron chi connectivity index (χ2n) is 3.04. The van der Waals surface area contributed by atoms with Gasteiger partial charge >= 0.3 is 0 Å². The van der Waals surface area contributed by atoms with Crippen LogP contribution in [0.4, 0.5) is 0 Å². The van der Waals surface area contributed by atoms with Crippen LogP contribution in [0, 0.1) is 0 Å². The van der Waals surface area contributed by atoms with Crippen LogP contribution in [-0.2, 0) is 6.54 Å². The molecule has 0 bridgehead atoms. The number of fused-ring (bicyclic) bond motifs is 3. The van der Waals surface area contributed by atoms with Crippen LogP contribution < -0.4 is 0 Å². The average molecular weight is 223 g/mol. The largest absolute Gasteiger partial charge is 0.295 e. The van der Waals surface area contributed by atoms with Gasteiger partial charge in [0.2, 0.25) is 0 Å². The Morgan fingerprint density at radius 3 is 3.13 bits per heavy atom. The van der Waals surface area contributed by atoms with Crippen molar-refractivity contribution in [2.75, 3.05) is 0 Å². The normalized spacial score (nSPS) is 13.7. The fourth-order valence-corrected chi connectivity index (χ4v) is 1.60. The Hall–Kier alpha value is -1.75. The van der Waals surface area contributed by atoms with E-state index in [-0.39, 0.29) is 18.3 Å². The number of aromatic nitrogens is 3. The molecule has 1 aliphatic rings. The number of nitrogens with zero attached hydrogens (tertiary/aromatic N) is 4. The molecular weight excluding hydrogens is 216 g/mol. The molecule has 76 valence electrons. The first-order valence-electron chi connectivity index (χ1n) is 4.23. The Balaban J connectivity index is 0.000000853. The summed E-state index contributed by atoms with van der Waals surface area (Å²) in [4.78, 5) is 19.2. The van der Waals surface area contributed by atoms with Gasteiger partial charge in [0.25, 0.3) is 5.91 Å². The van der Waals surface area contributed by atoms with E-state index in [2.05, 4.69) is 15.1 Å². The van der Waals surface area contributed by atoms with Gasteiger partial charge in [-0.05, 0) is 6.07 Å². The minimum absolute atomic E-state index is 0. The van der Waals surface area contributed by atoms with E-state index in [9.17, 15) is 4.79 Å². The van der Waals surface area contributed by atoms with E-state index >= 15 is 0 Å². The van der Waals surface area contributed by atoms with Gasteiger partial charge in [-0.1, -0.05) is 0 Å². The fourth-order valence-electron chi connectivity index (χ4n) is 1.60. The molecule has 3 rings (SSSR count). The van der Waals surface area contributed by atoms with Crippen molar-refractivity contribution < 1.29 is 4.79 Å². The molecule has 0 radical (unpaired) electrons. The van der Waals surface area contributed by atoms with Crippen LogP contribution >= 0.6 is 12.4 Å². The second-order valence-corrected chi connectivity index (χ2v) is 3.04. The molecule has 2 aromatic heterocycles. The van der Waals surface area contributed by atoms with E-state index in [0.29, 0.717) is 12.2 Å². The van der Waals surface area contributed by atoms with Crippen LogP contribution in [-0.4, -0.2) is 26.9 Å². The predicted octanol–water partition coefficient (Wildman–Crippen LogP) is 1.08. The number of amides is 1. The molecule has 5 nitrogen and oxygen atoms in total. The lowest BCUT2D eigenvalue weighted by Crippen LogP contribution is -2.15. The summed E-state index contributed by atoms with van der Waals surface area (Å²) in [6, 6.07) is 1.79. The summed E-state index contributed by atoms with van der Waals surface area (Å²) in [5.41, 5.74) is 1.32. The molecule has 1 aliphatic heterocycles. The molecule has 0 atom stereocenters. The van der Waals surface area contributed by atoms with E-state index < -0.39 is 0 Å². The molecule has 3 heterocycles. The van der Waals surface area contributed by atoms with Crippen molar-refractivity contribution in [3.63, 3.8) is 0 Å². The monoisotopic (exact) mass is 222 g/mol. The zero-order valence-corrected chi connectivity index (χ0v) is 8.44. The molecule has 0 N–H and O–H groups in total. The number of aliphatic imine (C=N–C) groups is 1. The lowest BCUT2D eigenvalue weighted by molar-refractivity contribution is 0.0991. The molecule has 15 heavy (non-hydrogen) atoms. The summed E-state index contributed by atoms with van der Waals surface area (Å²) < 4.78 is 1.65. The summed E-state index contributed by atoms with van der Waals surface area (Å²) in [6.45, 7) is 0.551. The Morgan fingerprint density at radius 2 is 2.27 bits per heavy atom. The van der Waals surface area contributed by atoms with Gasteiger partial charge in [0, 0.05) is 18.6 Å². The molecule has 0 saturated carbocycles. The average Bonchev–Trinajstić information content (AvgIpc) is 2.57. The van der Waals surface area contributed by atoms with Crippen LogP contribution in [0.2, 0.25) is 0 Å². The van der Waals surface area contributed by atoms with Gasteiger partial charge in [0.1, 0.15) is 5.69 Å². The van der Waals surface area contributed by atoms with E-state index in [1.807, 2.05) is 0 Å². The highest BCUT2D eigenvalue weighted by Gasteiger charge is 2.19. The SMILES string of the molecule is Cl.O=C1N=CCn2nc3ccncc3c21. The molecule has 0 fully saturated rings. The van der Waals surface area contributed by atoms with Crippen molar-refractivity contribution in [2.45, 2.75) is 6.54 Å². The number of halogens is 1. The first-order valence-corrected chi connectivity index (χ1v) is 4.23. The Morgan fingerprint density at radius 1 is 1.40 bits per heavy atom. The maximum absolute atomic E-state index is 11.5. The van der Waals surface area contributed by atoms with Crippen molar-refractivity contribution >= 4 is 35.4 Å². The quantitative estimate of drug-likeness (QED) is 0.670. The maximum Gasteiger partial charge on any atom is 0.295 e. The zero-order valence-electron chi connectivity index (χ0n) is 7.62. The van der Waals surface area contributed by atoms with Gasteiger partial charge in [-0.2, -0.15) is 5.10 Å². The zero-order chi connectivity index (χ0) is 9.54. The second kappa shape index (κ2) is 3.43. The number of hydrogen-bond donors (Lipinski definition) is 0. The molecule has 0 spiro atoms. The summed E-state index contributed by atoms with van der Waals surface area (Å²) in [7, 11) is 0. The highest BCUT2D eigenvalue weighted by atomic mass is 35.5. The predicted molar refractivity (Wildman–Crippen MR) is 57.6 cm³/mol. The summed E-state index contributed by atoms with van der Waals surface area (Å²) in [6.07, 6.45) is 4.87. The van der Waals surface area contributed by atoms with Gasteiger partial charge in [0.05, 0.1) is 17.4 Å². The molecule has 0 aliphatic carbocycles. The molecular formula is C9H7ClN4O.